The molecule has 6 heteroatoms. The molecule has 0 aliphatic heterocycles. The molecule has 1 aromatic carbocycles. The maximum absolute atomic E-state index is 5.98. The minimum atomic E-state index is 0.376. The van der Waals surface area contributed by atoms with Gasteiger partial charge in [0.1, 0.15) is 0 Å². The summed E-state index contributed by atoms with van der Waals surface area (Å²) in [5.41, 5.74) is 9.11. The lowest BCUT2D eigenvalue weighted by Gasteiger charge is -2.01. The first kappa shape index (κ1) is 12.2. The Morgan fingerprint density at radius 2 is 2.11 bits per heavy atom. The van der Waals surface area contributed by atoms with E-state index in [-0.39, 0.29) is 0 Å². The van der Waals surface area contributed by atoms with E-state index < -0.39 is 0 Å². The topological polar surface area (TPSA) is 64.9 Å². The first-order valence-electron chi connectivity index (χ1n) is 5.58. The van der Waals surface area contributed by atoms with Crippen molar-refractivity contribution in [3.05, 3.63) is 39.5 Å². The number of rotatable bonds is 2. The van der Waals surface area contributed by atoms with Gasteiger partial charge >= 0.3 is 0 Å². The molecule has 0 aliphatic carbocycles. The van der Waals surface area contributed by atoms with Gasteiger partial charge in [0, 0.05) is 10.9 Å². The van der Waals surface area contributed by atoms with Gasteiger partial charge in [0.2, 0.25) is 5.82 Å². The maximum Gasteiger partial charge on any atom is 0.260 e. The van der Waals surface area contributed by atoms with Crippen molar-refractivity contribution < 1.29 is 4.52 Å². The molecule has 2 N–H and O–H groups in total. The largest absolute Gasteiger partial charge is 0.397 e. The Kier molecular flexibility index (Phi) is 3.00. The Morgan fingerprint density at radius 1 is 1.26 bits per heavy atom. The highest BCUT2D eigenvalue weighted by Gasteiger charge is 2.15. The molecule has 0 aliphatic rings. The second kappa shape index (κ2) is 4.68. The summed E-state index contributed by atoms with van der Waals surface area (Å²) in [6.07, 6.45) is 0. The monoisotopic (exact) mass is 291 g/mol. The van der Waals surface area contributed by atoms with Crippen LogP contribution < -0.4 is 5.73 Å². The zero-order valence-electron chi connectivity index (χ0n) is 10.1. The number of hydrogen-bond donors (Lipinski definition) is 1. The van der Waals surface area contributed by atoms with Crippen LogP contribution in [0.4, 0.5) is 5.69 Å². The van der Waals surface area contributed by atoms with E-state index in [1.54, 1.807) is 29.5 Å². The third-order valence-electron chi connectivity index (χ3n) is 2.81. The molecule has 0 amide bonds. The average Bonchev–Trinajstić information content (AvgIpc) is 3.01. The highest BCUT2D eigenvalue weighted by molar-refractivity contribution is 7.08. The van der Waals surface area contributed by atoms with Crippen molar-refractivity contribution >= 4 is 28.6 Å². The zero-order chi connectivity index (χ0) is 13.4. The predicted molar refractivity (Wildman–Crippen MR) is 77.2 cm³/mol. The first-order chi connectivity index (χ1) is 9.16. The summed E-state index contributed by atoms with van der Waals surface area (Å²) in [5.74, 6) is 0.939. The van der Waals surface area contributed by atoms with E-state index in [9.17, 15) is 0 Å². The second-order valence-corrected chi connectivity index (χ2v) is 5.24. The lowest BCUT2D eigenvalue weighted by Crippen LogP contribution is -1.91. The number of thiophene rings is 1. The lowest BCUT2D eigenvalue weighted by molar-refractivity contribution is 0.432. The Morgan fingerprint density at radius 3 is 2.84 bits per heavy atom. The third kappa shape index (κ3) is 2.11. The van der Waals surface area contributed by atoms with E-state index in [0.29, 0.717) is 28.0 Å². The number of para-hydroxylation sites is 1. The number of anilines is 1. The van der Waals surface area contributed by atoms with Gasteiger partial charge in [-0.25, -0.2) is 0 Å². The van der Waals surface area contributed by atoms with Crippen LogP contribution in [0.5, 0.6) is 0 Å². The SMILES string of the molecule is Cc1cscc1-c1noc(-c2cccc(Cl)c2N)n1. The Labute approximate surface area is 118 Å². The normalized spacial score (nSPS) is 10.8. The minimum Gasteiger partial charge on any atom is -0.397 e. The van der Waals surface area contributed by atoms with Crippen LogP contribution in [-0.4, -0.2) is 10.1 Å². The predicted octanol–water partition coefficient (Wildman–Crippen LogP) is 4.01. The van der Waals surface area contributed by atoms with Crippen molar-refractivity contribution in [3.8, 4) is 22.8 Å². The maximum atomic E-state index is 5.98. The van der Waals surface area contributed by atoms with Gasteiger partial charge in [-0.3, -0.25) is 0 Å². The van der Waals surface area contributed by atoms with E-state index in [4.69, 9.17) is 21.9 Å². The molecule has 4 nitrogen and oxygen atoms in total. The minimum absolute atomic E-state index is 0.376. The summed E-state index contributed by atoms with van der Waals surface area (Å²) < 4.78 is 5.27. The van der Waals surface area contributed by atoms with E-state index in [0.717, 1.165) is 11.1 Å². The number of halogens is 1. The fraction of sp³-hybridized carbons (Fsp3) is 0.0769. The molecule has 2 heterocycles. The Bertz CT molecular complexity index is 735. The molecule has 3 rings (SSSR count). The fourth-order valence-electron chi connectivity index (χ4n) is 1.76. The number of nitrogens with two attached hydrogens (primary N) is 1. The first-order valence-corrected chi connectivity index (χ1v) is 6.90. The van der Waals surface area contributed by atoms with Crippen LogP contribution in [0.15, 0.2) is 33.5 Å². The molecule has 3 aromatic rings. The van der Waals surface area contributed by atoms with Gasteiger partial charge in [-0.15, -0.1) is 0 Å². The number of aromatic nitrogens is 2. The number of benzene rings is 1. The highest BCUT2D eigenvalue weighted by Crippen LogP contribution is 2.32. The number of aryl methyl sites for hydroxylation is 1. The zero-order valence-corrected chi connectivity index (χ0v) is 11.6. The molecular formula is C13H10ClN3OS. The molecule has 0 bridgehead atoms. The van der Waals surface area contributed by atoms with Crippen LogP contribution in [-0.2, 0) is 0 Å². The van der Waals surface area contributed by atoms with E-state index in [2.05, 4.69) is 10.1 Å². The highest BCUT2D eigenvalue weighted by atomic mass is 35.5. The summed E-state index contributed by atoms with van der Waals surface area (Å²) in [6.45, 7) is 2.01. The van der Waals surface area contributed by atoms with Crippen molar-refractivity contribution in [2.24, 2.45) is 0 Å². The quantitative estimate of drug-likeness (QED) is 0.725. The van der Waals surface area contributed by atoms with Crippen LogP contribution in [0.1, 0.15) is 5.56 Å². The summed E-state index contributed by atoms with van der Waals surface area (Å²) in [7, 11) is 0. The third-order valence-corrected chi connectivity index (χ3v) is 4.00. The van der Waals surface area contributed by atoms with E-state index in [1.807, 2.05) is 17.7 Å². The molecule has 0 spiro atoms. The molecule has 0 saturated heterocycles. The van der Waals surface area contributed by atoms with Crippen molar-refractivity contribution in [3.63, 3.8) is 0 Å². The molecule has 2 aromatic heterocycles. The second-order valence-electron chi connectivity index (χ2n) is 4.09. The van der Waals surface area contributed by atoms with Crippen LogP contribution in [0.2, 0.25) is 5.02 Å². The van der Waals surface area contributed by atoms with Crippen molar-refractivity contribution in [2.75, 3.05) is 5.73 Å². The van der Waals surface area contributed by atoms with Crippen molar-refractivity contribution in [2.45, 2.75) is 6.92 Å². The molecule has 96 valence electrons. The van der Waals surface area contributed by atoms with E-state index in [1.165, 1.54) is 0 Å². The van der Waals surface area contributed by atoms with Gasteiger partial charge in [-0.05, 0) is 30.0 Å². The molecule has 0 atom stereocenters. The lowest BCUT2D eigenvalue weighted by atomic mass is 10.2. The summed E-state index contributed by atoms with van der Waals surface area (Å²) in [4.78, 5) is 4.38. The number of nitrogen functional groups attached to an aromatic ring is 1. The van der Waals surface area contributed by atoms with Crippen LogP contribution in [0.25, 0.3) is 22.8 Å². The molecule has 0 unspecified atom stereocenters. The van der Waals surface area contributed by atoms with Gasteiger partial charge in [0.15, 0.2) is 0 Å². The van der Waals surface area contributed by atoms with Crippen LogP contribution in [0, 0.1) is 6.92 Å². The summed E-state index contributed by atoms with van der Waals surface area (Å²) in [6, 6.07) is 5.33. The molecule has 19 heavy (non-hydrogen) atoms. The van der Waals surface area contributed by atoms with Crippen LogP contribution >= 0.6 is 22.9 Å². The Balaban J connectivity index is 2.07. The molecule has 0 saturated carbocycles. The fourth-order valence-corrected chi connectivity index (χ4v) is 2.76. The van der Waals surface area contributed by atoms with Gasteiger partial charge in [0.25, 0.3) is 5.89 Å². The average molecular weight is 292 g/mol. The van der Waals surface area contributed by atoms with Gasteiger partial charge < -0.3 is 10.3 Å². The number of hydrogen-bond acceptors (Lipinski definition) is 5. The summed E-state index contributed by atoms with van der Waals surface area (Å²) in [5, 5.41) is 8.50. The standard InChI is InChI=1S/C13H10ClN3OS/c1-7-5-19-6-9(7)12-16-13(18-17-12)8-3-2-4-10(14)11(8)15/h2-6H,15H2,1H3. The van der Waals surface area contributed by atoms with E-state index >= 15 is 0 Å². The summed E-state index contributed by atoms with van der Waals surface area (Å²) >= 11 is 7.59. The van der Waals surface area contributed by atoms with Crippen molar-refractivity contribution in [1.29, 1.82) is 0 Å². The smallest absolute Gasteiger partial charge is 0.260 e. The molecule has 0 fully saturated rings. The molecule has 0 radical (unpaired) electrons. The van der Waals surface area contributed by atoms with Crippen molar-refractivity contribution in [1.82, 2.24) is 10.1 Å². The van der Waals surface area contributed by atoms with Crippen LogP contribution in [0.3, 0.4) is 0 Å². The number of nitrogens with zero attached hydrogens (tertiary/aromatic N) is 2. The van der Waals surface area contributed by atoms with Gasteiger partial charge in [0.05, 0.1) is 16.3 Å². The van der Waals surface area contributed by atoms with Gasteiger partial charge in [-0.1, -0.05) is 22.8 Å². The Hall–Kier alpha value is -1.85. The molecular weight excluding hydrogens is 282 g/mol. The van der Waals surface area contributed by atoms with Gasteiger partial charge in [-0.2, -0.15) is 16.3 Å².